The average molecular weight is 330 g/mol. The van der Waals surface area contributed by atoms with Gasteiger partial charge < -0.3 is 9.47 Å². The van der Waals surface area contributed by atoms with E-state index in [4.69, 9.17) is 9.47 Å². The SMILES string of the molecule is O=C(OC/C=C/c1ccc(F)cc1)OC/C=C/c1ccc(F)cc1. The van der Waals surface area contributed by atoms with Crippen molar-refractivity contribution in [3.8, 4) is 0 Å². The Morgan fingerprint density at radius 2 is 1.12 bits per heavy atom. The predicted molar refractivity (Wildman–Crippen MR) is 88.2 cm³/mol. The molecule has 0 atom stereocenters. The van der Waals surface area contributed by atoms with E-state index in [1.807, 2.05) is 0 Å². The summed E-state index contributed by atoms with van der Waals surface area (Å²) in [7, 11) is 0. The fourth-order valence-corrected chi connectivity index (χ4v) is 1.79. The lowest BCUT2D eigenvalue weighted by molar-refractivity contribution is 0.0720. The van der Waals surface area contributed by atoms with Crippen LogP contribution in [-0.2, 0) is 9.47 Å². The van der Waals surface area contributed by atoms with Gasteiger partial charge in [-0.2, -0.15) is 0 Å². The Morgan fingerprint density at radius 1 is 0.750 bits per heavy atom. The Labute approximate surface area is 138 Å². The van der Waals surface area contributed by atoms with E-state index in [2.05, 4.69) is 0 Å². The van der Waals surface area contributed by atoms with Crippen molar-refractivity contribution in [1.82, 2.24) is 0 Å². The van der Waals surface area contributed by atoms with E-state index in [1.54, 1.807) is 48.6 Å². The van der Waals surface area contributed by atoms with Crippen LogP contribution in [0.25, 0.3) is 12.2 Å². The molecule has 5 heteroatoms. The lowest BCUT2D eigenvalue weighted by Crippen LogP contribution is -2.07. The molecule has 0 fully saturated rings. The highest BCUT2D eigenvalue weighted by molar-refractivity contribution is 5.61. The third kappa shape index (κ3) is 6.44. The summed E-state index contributed by atoms with van der Waals surface area (Å²) in [6.45, 7) is 0.107. The van der Waals surface area contributed by atoms with Crippen LogP contribution in [0, 0.1) is 11.6 Å². The van der Waals surface area contributed by atoms with Gasteiger partial charge in [0, 0.05) is 0 Å². The highest BCUT2D eigenvalue weighted by Gasteiger charge is 1.99. The molecule has 0 heterocycles. The van der Waals surface area contributed by atoms with E-state index >= 15 is 0 Å². The summed E-state index contributed by atoms with van der Waals surface area (Å²) in [5, 5.41) is 0. The fraction of sp³-hybridized carbons (Fsp3) is 0.105. The van der Waals surface area contributed by atoms with Crippen LogP contribution in [0.5, 0.6) is 0 Å². The molecule has 0 aromatic heterocycles. The van der Waals surface area contributed by atoms with Crippen LogP contribution in [0.2, 0.25) is 0 Å². The number of benzene rings is 2. The maximum Gasteiger partial charge on any atom is 0.508 e. The molecule has 0 aliphatic carbocycles. The van der Waals surface area contributed by atoms with Gasteiger partial charge in [-0.25, -0.2) is 13.6 Å². The first-order chi connectivity index (χ1) is 11.6. The Morgan fingerprint density at radius 3 is 1.50 bits per heavy atom. The number of hydrogen-bond donors (Lipinski definition) is 0. The van der Waals surface area contributed by atoms with Gasteiger partial charge in [0.05, 0.1) is 0 Å². The second kappa shape index (κ2) is 9.25. The molecule has 0 saturated heterocycles. The van der Waals surface area contributed by atoms with Gasteiger partial charge in [-0.15, -0.1) is 0 Å². The molecule has 0 aliphatic heterocycles. The van der Waals surface area contributed by atoms with Crippen molar-refractivity contribution in [3.05, 3.63) is 83.4 Å². The first-order valence-electron chi connectivity index (χ1n) is 7.27. The summed E-state index contributed by atoms with van der Waals surface area (Å²) in [6, 6.07) is 11.9. The fourth-order valence-electron chi connectivity index (χ4n) is 1.79. The molecule has 0 unspecified atom stereocenters. The van der Waals surface area contributed by atoms with Crippen LogP contribution < -0.4 is 0 Å². The maximum absolute atomic E-state index is 12.7. The molecule has 3 nitrogen and oxygen atoms in total. The minimum atomic E-state index is -0.789. The summed E-state index contributed by atoms with van der Waals surface area (Å²) < 4.78 is 35.1. The Kier molecular flexibility index (Phi) is 6.71. The van der Waals surface area contributed by atoms with Crippen LogP contribution in [0.15, 0.2) is 60.7 Å². The molecule has 2 aromatic carbocycles. The third-order valence-electron chi connectivity index (χ3n) is 2.96. The van der Waals surface area contributed by atoms with Gasteiger partial charge in [0.25, 0.3) is 0 Å². The minimum absolute atomic E-state index is 0.0535. The number of halogens is 2. The topological polar surface area (TPSA) is 35.5 Å². The third-order valence-corrected chi connectivity index (χ3v) is 2.96. The van der Waals surface area contributed by atoms with E-state index in [1.165, 1.54) is 24.3 Å². The standard InChI is InChI=1S/C19H16F2O3/c20-17-9-5-15(6-10-17)3-1-13-23-19(22)24-14-2-4-16-7-11-18(21)12-8-16/h1-12H,13-14H2/b3-1+,4-2+. The number of ether oxygens (including phenoxy) is 2. The van der Waals surface area contributed by atoms with Gasteiger partial charge in [-0.3, -0.25) is 0 Å². The molecule has 0 spiro atoms. The number of carbonyl (C=O) groups is 1. The lowest BCUT2D eigenvalue weighted by Gasteiger charge is -2.01. The van der Waals surface area contributed by atoms with E-state index in [9.17, 15) is 13.6 Å². The molecule has 0 aliphatic rings. The summed E-state index contributed by atoms with van der Waals surface area (Å²) in [5.41, 5.74) is 1.60. The monoisotopic (exact) mass is 330 g/mol. The van der Waals surface area contributed by atoms with Gasteiger partial charge in [-0.1, -0.05) is 36.4 Å². The number of rotatable bonds is 6. The van der Waals surface area contributed by atoms with Gasteiger partial charge >= 0.3 is 6.16 Å². The summed E-state index contributed by atoms with van der Waals surface area (Å²) in [4.78, 5) is 11.3. The molecule has 0 bridgehead atoms. The Hall–Kier alpha value is -2.95. The lowest BCUT2D eigenvalue weighted by atomic mass is 10.2. The van der Waals surface area contributed by atoms with Crippen molar-refractivity contribution in [2.75, 3.05) is 13.2 Å². The van der Waals surface area contributed by atoms with E-state index < -0.39 is 6.16 Å². The minimum Gasteiger partial charge on any atom is -0.430 e. The quantitative estimate of drug-likeness (QED) is 0.711. The predicted octanol–water partition coefficient (Wildman–Crippen LogP) is 4.84. The zero-order valence-electron chi connectivity index (χ0n) is 12.8. The molecular weight excluding hydrogens is 314 g/mol. The second-order valence-corrected chi connectivity index (χ2v) is 4.78. The molecule has 0 amide bonds. The zero-order valence-corrected chi connectivity index (χ0v) is 12.8. The number of hydrogen-bond acceptors (Lipinski definition) is 3. The molecule has 2 rings (SSSR count). The van der Waals surface area contributed by atoms with Crippen molar-refractivity contribution in [2.45, 2.75) is 0 Å². The van der Waals surface area contributed by atoms with Crippen LogP contribution in [0.1, 0.15) is 11.1 Å². The van der Waals surface area contributed by atoms with E-state index in [0.29, 0.717) is 0 Å². The van der Waals surface area contributed by atoms with Gasteiger partial charge in [0.2, 0.25) is 0 Å². The van der Waals surface area contributed by atoms with Crippen LogP contribution in [0.3, 0.4) is 0 Å². The molecule has 2 aromatic rings. The Bertz CT molecular complexity index is 643. The molecule has 124 valence electrons. The smallest absolute Gasteiger partial charge is 0.430 e. The van der Waals surface area contributed by atoms with E-state index in [-0.39, 0.29) is 24.8 Å². The first-order valence-corrected chi connectivity index (χ1v) is 7.27. The molecule has 0 radical (unpaired) electrons. The van der Waals surface area contributed by atoms with Crippen LogP contribution >= 0.6 is 0 Å². The van der Waals surface area contributed by atoms with Gasteiger partial charge in [0.15, 0.2) is 0 Å². The van der Waals surface area contributed by atoms with Crippen molar-refractivity contribution in [1.29, 1.82) is 0 Å². The van der Waals surface area contributed by atoms with Crippen molar-refractivity contribution >= 4 is 18.3 Å². The normalized spacial score (nSPS) is 11.1. The van der Waals surface area contributed by atoms with Crippen molar-refractivity contribution < 1.29 is 23.0 Å². The van der Waals surface area contributed by atoms with Gasteiger partial charge in [-0.05, 0) is 47.5 Å². The largest absolute Gasteiger partial charge is 0.508 e. The highest BCUT2D eigenvalue weighted by Crippen LogP contribution is 2.05. The summed E-state index contributed by atoms with van der Waals surface area (Å²) in [5.74, 6) is -0.610. The second-order valence-electron chi connectivity index (χ2n) is 4.78. The summed E-state index contributed by atoms with van der Waals surface area (Å²) >= 11 is 0. The van der Waals surface area contributed by atoms with Crippen molar-refractivity contribution in [3.63, 3.8) is 0 Å². The first kappa shape index (κ1) is 17.4. The highest BCUT2D eigenvalue weighted by atomic mass is 19.1. The maximum atomic E-state index is 12.7. The molecular formula is C19H16F2O3. The van der Waals surface area contributed by atoms with Crippen molar-refractivity contribution in [2.24, 2.45) is 0 Å². The van der Waals surface area contributed by atoms with Gasteiger partial charge in [0.1, 0.15) is 24.8 Å². The van der Waals surface area contributed by atoms with Crippen LogP contribution in [-0.4, -0.2) is 19.4 Å². The molecule has 24 heavy (non-hydrogen) atoms. The molecule has 0 saturated carbocycles. The zero-order chi connectivity index (χ0) is 17.2. The summed E-state index contributed by atoms with van der Waals surface area (Å²) in [6.07, 6.45) is 5.89. The number of carbonyl (C=O) groups excluding carboxylic acids is 1. The molecule has 0 N–H and O–H groups in total. The van der Waals surface area contributed by atoms with E-state index in [0.717, 1.165) is 11.1 Å². The average Bonchev–Trinajstić information content (AvgIpc) is 2.59. The Balaban J connectivity index is 1.64. The van der Waals surface area contributed by atoms with Crippen LogP contribution in [0.4, 0.5) is 13.6 Å².